The molecule has 4 rings (SSSR count). The maximum atomic E-state index is 12.7. The zero-order chi connectivity index (χ0) is 22.0. The quantitative estimate of drug-likeness (QED) is 0.679. The zero-order valence-electron chi connectivity index (χ0n) is 17.8. The van der Waals surface area contributed by atoms with Crippen molar-refractivity contribution in [3.8, 4) is 17.0 Å². The van der Waals surface area contributed by atoms with Crippen molar-refractivity contribution in [2.24, 2.45) is 0 Å². The minimum atomic E-state index is -2.97. The van der Waals surface area contributed by atoms with Crippen LogP contribution in [0.15, 0.2) is 18.3 Å². The van der Waals surface area contributed by atoms with Gasteiger partial charge in [-0.05, 0) is 25.8 Å². The van der Waals surface area contributed by atoms with Gasteiger partial charge in [0.05, 0.1) is 12.3 Å². The Morgan fingerprint density at radius 3 is 2.71 bits per heavy atom. The van der Waals surface area contributed by atoms with Crippen LogP contribution in [0.5, 0.6) is 5.75 Å². The highest BCUT2D eigenvalue weighted by Crippen LogP contribution is 2.40. The number of anilines is 2. The number of nitrogen functional groups attached to an aromatic ring is 1. The van der Waals surface area contributed by atoms with Crippen LogP contribution < -0.4 is 15.4 Å². The van der Waals surface area contributed by atoms with Crippen LogP contribution in [0.1, 0.15) is 31.5 Å². The number of piperazine rings is 1. The second kappa shape index (κ2) is 9.27. The summed E-state index contributed by atoms with van der Waals surface area (Å²) in [6, 6.07) is 3.71. The van der Waals surface area contributed by atoms with Gasteiger partial charge in [-0.2, -0.15) is 8.78 Å². The Morgan fingerprint density at radius 2 is 2.03 bits per heavy atom. The molecule has 1 unspecified atom stereocenters. The molecule has 1 saturated heterocycles. The van der Waals surface area contributed by atoms with Gasteiger partial charge in [-0.25, -0.2) is 15.0 Å². The highest BCUT2D eigenvalue weighted by molar-refractivity contribution is 5.66. The molecule has 2 fully saturated rings. The first-order valence-corrected chi connectivity index (χ1v) is 10.5. The molecule has 168 valence electrons. The van der Waals surface area contributed by atoms with Crippen molar-refractivity contribution in [3.05, 3.63) is 24.2 Å². The van der Waals surface area contributed by atoms with Crippen LogP contribution in [0, 0.1) is 0 Å². The lowest BCUT2D eigenvalue weighted by Crippen LogP contribution is -2.53. The number of nitrogens with zero attached hydrogens (tertiary/aromatic N) is 5. The first-order chi connectivity index (χ1) is 14.9. The van der Waals surface area contributed by atoms with Gasteiger partial charge in [0.2, 0.25) is 0 Å². The van der Waals surface area contributed by atoms with Crippen molar-refractivity contribution in [2.45, 2.75) is 38.3 Å². The molecular formula is C21H28F2N6O2. The lowest BCUT2D eigenvalue weighted by Gasteiger charge is -2.40. The first-order valence-electron chi connectivity index (χ1n) is 10.5. The van der Waals surface area contributed by atoms with E-state index in [1.54, 1.807) is 7.11 Å². The molecule has 0 radical (unpaired) electrons. The molecule has 8 nitrogen and oxygen atoms in total. The lowest BCUT2D eigenvalue weighted by molar-refractivity contribution is -0.0494. The number of nitrogens with two attached hydrogens (primary N) is 1. The Hall–Kier alpha value is -2.59. The summed E-state index contributed by atoms with van der Waals surface area (Å²) < 4.78 is 35.2. The Kier molecular flexibility index (Phi) is 6.47. The Balaban J connectivity index is 1.61. The van der Waals surface area contributed by atoms with Crippen LogP contribution in [-0.2, 0) is 4.74 Å². The van der Waals surface area contributed by atoms with E-state index in [4.69, 9.17) is 20.4 Å². The highest BCUT2D eigenvalue weighted by Gasteiger charge is 2.30. The van der Waals surface area contributed by atoms with Crippen molar-refractivity contribution in [3.63, 3.8) is 0 Å². The molecule has 3 heterocycles. The van der Waals surface area contributed by atoms with Gasteiger partial charge in [0.1, 0.15) is 11.6 Å². The number of alkyl halides is 2. The SMILES string of the molecule is COCCN1CCN(c2cc(-c3cnc(N)c(OC(F)F)c3)nc(C3CC3)n2)CC1C. The smallest absolute Gasteiger partial charge is 0.387 e. The molecule has 1 aliphatic carbocycles. The molecular weight excluding hydrogens is 406 g/mol. The van der Waals surface area contributed by atoms with Crippen molar-refractivity contribution in [1.82, 2.24) is 19.9 Å². The maximum absolute atomic E-state index is 12.7. The second-order valence-electron chi connectivity index (χ2n) is 8.05. The van der Waals surface area contributed by atoms with Gasteiger partial charge in [-0.15, -0.1) is 0 Å². The Morgan fingerprint density at radius 1 is 1.23 bits per heavy atom. The Bertz CT molecular complexity index is 911. The number of ether oxygens (including phenoxy) is 2. The molecule has 1 aliphatic heterocycles. The third kappa shape index (κ3) is 5.19. The average Bonchev–Trinajstić information content (AvgIpc) is 3.59. The van der Waals surface area contributed by atoms with Crippen molar-refractivity contribution < 1.29 is 18.3 Å². The average molecular weight is 434 g/mol. The summed E-state index contributed by atoms with van der Waals surface area (Å²) in [5.74, 6) is 1.74. The van der Waals surface area contributed by atoms with E-state index in [0.717, 1.165) is 50.7 Å². The van der Waals surface area contributed by atoms with Crippen LogP contribution in [-0.4, -0.2) is 72.4 Å². The molecule has 1 atom stereocenters. The normalized spacial score (nSPS) is 19.8. The molecule has 31 heavy (non-hydrogen) atoms. The number of hydrogen-bond donors (Lipinski definition) is 1. The number of methoxy groups -OCH3 is 1. The van der Waals surface area contributed by atoms with E-state index in [9.17, 15) is 8.78 Å². The van der Waals surface area contributed by atoms with E-state index in [2.05, 4.69) is 26.4 Å². The van der Waals surface area contributed by atoms with Crippen LogP contribution in [0.2, 0.25) is 0 Å². The van der Waals surface area contributed by atoms with E-state index in [-0.39, 0.29) is 11.6 Å². The van der Waals surface area contributed by atoms with Gasteiger partial charge >= 0.3 is 6.61 Å². The van der Waals surface area contributed by atoms with Gasteiger partial charge in [0.25, 0.3) is 0 Å². The van der Waals surface area contributed by atoms with Gasteiger partial charge in [-0.1, -0.05) is 0 Å². The molecule has 2 aliphatic rings. The molecule has 0 bridgehead atoms. The molecule has 0 spiro atoms. The van der Waals surface area contributed by atoms with E-state index < -0.39 is 6.61 Å². The summed E-state index contributed by atoms with van der Waals surface area (Å²) in [5.41, 5.74) is 6.89. The summed E-state index contributed by atoms with van der Waals surface area (Å²) in [6.45, 7) is 3.43. The van der Waals surface area contributed by atoms with E-state index in [0.29, 0.717) is 29.8 Å². The fraction of sp³-hybridized carbons (Fsp3) is 0.571. The third-order valence-electron chi connectivity index (χ3n) is 5.74. The van der Waals surface area contributed by atoms with Crippen LogP contribution in [0.25, 0.3) is 11.3 Å². The summed E-state index contributed by atoms with van der Waals surface area (Å²) in [4.78, 5) is 18.2. The molecule has 0 amide bonds. The van der Waals surface area contributed by atoms with Crippen molar-refractivity contribution >= 4 is 11.6 Å². The zero-order valence-corrected chi connectivity index (χ0v) is 17.8. The molecule has 2 N–H and O–H groups in total. The standard InChI is InChI=1S/C21H28F2N6O2/c1-13-12-29(6-5-28(13)7-8-30-2)18-10-16(26-20(27-18)14-3-4-14)15-9-17(31-21(22)23)19(24)25-11-15/h9-11,13-14,21H,3-8,12H2,1-2H3,(H2,24,25). The summed E-state index contributed by atoms with van der Waals surface area (Å²) in [5, 5.41) is 0. The van der Waals surface area contributed by atoms with Gasteiger partial charge < -0.3 is 20.1 Å². The predicted molar refractivity (Wildman–Crippen MR) is 113 cm³/mol. The number of hydrogen-bond acceptors (Lipinski definition) is 8. The monoisotopic (exact) mass is 434 g/mol. The van der Waals surface area contributed by atoms with Crippen molar-refractivity contribution in [2.75, 3.05) is 50.5 Å². The number of pyridine rings is 1. The molecule has 2 aromatic heterocycles. The molecule has 0 aromatic carbocycles. The van der Waals surface area contributed by atoms with E-state index in [1.807, 2.05) is 6.07 Å². The fourth-order valence-electron chi connectivity index (χ4n) is 3.82. The number of aromatic nitrogens is 3. The third-order valence-corrected chi connectivity index (χ3v) is 5.74. The topological polar surface area (TPSA) is 89.6 Å². The first kappa shape index (κ1) is 21.6. The molecule has 10 heteroatoms. The number of rotatable bonds is 8. The predicted octanol–water partition coefficient (Wildman–Crippen LogP) is 2.76. The highest BCUT2D eigenvalue weighted by atomic mass is 19.3. The number of halogens is 2. The summed E-state index contributed by atoms with van der Waals surface area (Å²) in [7, 11) is 1.71. The minimum absolute atomic E-state index is 0.0817. The van der Waals surface area contributed by atoms with Crippen molar-refractivity contribution in [1.29, 1.82) is 0 Å². The Labute approximate surface area is 180 Å². The van der Waals surface area contributed by atoms with E-state index >= 15 is 0 Å². The summed E-state index contributed by atoms with van der Waals surface area (Å²) in [6.07, 6.45) is 3.65. The van der Waals surface area contributed by atoms with Gasteiger partial charge in [0.15, 0.2) is 11.6 Å². The van der Waals surface area contributed by atoms with Crippen LogP contribution >= 0.6 is 0 Å². The van der Waals surface area contributed by atoms with Gasteiger partial charge in [0, 0.05) is 63.1 Å². The fourth-order valence-corrected chi connectivity index (χ4v) is 3.82. The minimum Gasteiger partial charge on any atom is -0.431 e. The van der Waals surface area contributed by atoms with Crippen LogP contribution in [0.4, 0.5) is 20.4 Å². The largest absolute Gasteiger partial charge is 0.431 e. The van der Waals surface area contributed by atoms with Crippen LogP contribution in [0.3, 0.4) is 0 Å². The molecule has 2 aromatic rings. The second-order valence-corrected chi connectivity index (χ2v) is 8.05. The lowest BCUT2D eigenvalue weighted by atomic mass is 10.1. The summed E-state index contributed by atoms with van der Waals surface area (Å²) >= 11 is 0. The molecule has 1 saturated carbocycles. The van der Waals surface area contributed by atoms with Gasteiger partial charge in [-0.3, -0.25) is 4.90 Å². The maximum Gasteiger partial charge on any atom is 0.387 e. The van der Waals surface area contributed by atoms with E-state index in [1.165, 1.54) is 12.3 Å².